The van der Waals surface area contributed by atoms with E-state index < -0.39 is 0 Å². The molecule has 0 saturated heterocycles. The van der Waals surface area contributed by atoms with E-state index in [9.17, 15) is 0 Å². The quantitative estimate of drug-likeness (QED) is 0.803. The van der Waals surface area contributed by atoms with Crippen LogP contribution in [0, 0.1) is 4.64 Å². The second-order valence-electron chi connectivity index (χ2n) is 4.79. The highest BCUT2D eigenvalue weighted by atomic mass is 79.9. The largest absolute Gasteiger partial charge is 0.346 e. The smallest absolute Gasteiger partial charge is 0.144 e. The Morgan fingerprint density at radius 2 is 2.00 bits per heavy atom. The molecule has 16 heavy (non-hydrogen) atoms. The lowest BCUT2D eigenvalue weighted by atomic mass is 10.0. The molecule has 4 heteroatoms. The Labute approximate surface area is 110 Å². The minimum Gasteiger partial charge on any atom is -0.346 e. The van der Waals surface area contributed by atoms with E-state index in [0.717, 1.165) is 10.3 Å². The first-order valence-electron chi connectivity index (χ1n) is 5.89. The van der Waals surface area contributed by atoms with Crippen LogP contribution < -0.4 is 0 Å². The molecule has 1 saturated carbocycles. The van der Waals surface area contributed by atoms with Crippen molar-refractivity contribution in [2.45, 2.75) is 51.4 Å². The molecule has 0 amide bonds. The highest BCUT2D eigenvalue weighted by Gasteiger charge is 2.21. The van der Waals surface area contributed by atoms with Crippen molar-refractivity contribution in [3.8, 4) is 0 Å². The van der Waals surface area contributed by atoms with E-state index >= 15 is 0 Å². The van der Waals surface area contributed by atoms with E-state index in [1.807, 2.05) is 0 Å². The summed E-state index contributed by atoms with van der Waals surface area (Å²) in [6.07, 6.45) is 5.20. The Morgan fingerprint density at radius 1 is 1.38 bits per heavy atom. The Bertz CT molecular complexity index is 433. The van der Waals surface area contributed by atoms with Gasteiger partial charge in [0.25, 0.3) is 0 Å². The van der Waals surface area contributed by atoms with E-state index in [0.29, 0.717) is 16.5 Å². The predicted octanol–water partition coefficient (Wildman–Crippen LogP) is 4.68. The first-order chi connectivity index (χ1) is 7.59. The Kier molecular flexibility index (Phi) is 3.80. The van der Waals surface area contributed by atoms with Gasteiger partial charge in [0, 0.05) is 17.5 Å². The number of halogens is 1. The van der Waals surface area contributed by atoms with Crippen molar-refractivity contribution in [2.24, 2.45) is 0 Å². The van der Waals surface area contributed by atoms with Crippen LogP contribution in [0.4, 0.5) is 0 Å². The Morgan fingerprint density at radius 3 is 2.56 bits per heavy atom. The number of hydrogen-bond acceptors (Lipinski definition) is 2. The molecule has 1 aliphatic rings. The third kappa shape index (κ3) is 2.38. The molecule has 2 rings (SSSR count). The van der Waals surface area contributed by atoms with Crippen LogP contribution in [0.25, 0.3) is 0 Å². The molecule has 0 spiro atoms. The average molecular weight is 301 g/mol. The lowest BCUT2D eigenvalue weighted by Gasteiger charge is -2.15. The number of nitrogens with one attached hydrogen (secondary N) is 1. The van der Waals surface area contributed by atoms with E-state index in [-0.39, 0.29) is 0 Å². The van der Waals surface area contributed by atoms with Gasteiger partial charge in [0.2, 0.25) is 0 Å². The van der Waals surface area contributed by atoms with Crippen molar-refractivity contribution >= 4 is 28.1 Å². The molecule has 1 aromatic rings. The van der Waals surface area contributed by atoms with Crippen molar-refractivity contribution in [1.82, 2.24) is 9.97 Å². The molecule has 1 aliphatic carbocycles. The van der Waals surface area contributed by atoms with Gasteiger partial charge >= 0.3 is 0 Å². The van der Waals surface area contributed by atoms with Crippen LogP contribution in [0.1, 0.15) is 62.9 Å². The number of aromatic nitrogens is 2. The Hall–Kier alpha value is -0.220. The summed E-state index contributed by atoms with van der Waals surface area (Å²) in [5, 5.41) is 0. The van der Waals surface area contributed by atoms with Crippen LogP contribution in [0.3, 0.4) is 0 Å². The fraction of sp³-hybridized carbons (Fsp3) is 0.667. The minimum atomic E-state index is 0.398. The van der Waals surface area contributed by atoms with Crippen molar-refractivity contribution in [3.63, 3.8) is 0 Å². The van der Waals surface area contributed by atoms with Gasteiger partial charge < -0.3 is 4.98 Å². The zero-order chi connectivity index (χ0) is 11.7. The molecule has 0 unspecified atom stereocenters. The zero-order valence-corrected chi connectivity index (χ0v) is 12.1. The molecule has 1 aromatic heterocycles. The van der Waals surface area contributed by atoms with E-state index in [2.05, 4.69) is 39.7 Å². The summed E-state index contributed by atoms with van der Waals surface area (Å²) in [6, 6.07) is 0. The van der Waals surface area contributed by atoms with Crippen molar-refractivity contribution < 1.29 is 0 Å². The maximum absolute atomic E-state index is 5.30. The monoisotopic (exact) mass is 300 g/mol. The maximum atomic E-state index is 5.30. The maximum Gasteiger partial charge on any atom is 0.144 e. The van der Waals surface area contributed by atoms with E-state index in [1.165, 1.54) is 31.4 Å². The van der Waals surface area contributed by atoms with Gasteiger partial charge in [-0.1, -0.05) is 38.9 Å². The molecule has 0 aliphatic heterocycles. The number of hydrogen-bond donors (Lipinski definition) is 1. The van der Waals surface area contributed by atoms with Gasteiger partial charge in [0.1, 0.15) is 10.5 Å². The van der Waals surface area contributed by atoms with Crippen molar-refractivity contribution in [1.29, 1.82) is 0 Å². The molecule has 0 aromatic carbocycles. The second-order valence-corrected chi connectivity index (χ2v) is 5.97. The van der Waals surface area contributed by atoms with Gasteiger partial charge in [-0.3, -0.25) is 0 Å². The third-order valence-corrected chi connectivity index (χ3v) is 4.58. The lowest BCUT2D eigenvalue weighted by Crippen LogP contribution is -2.06. The molecule has 0 atom stereocenters. The summed E-state index contributed by atoms with van der Waals surface area (Å²) in [4.78, 5) is 7.89. The van der Waals surface area contributed by atoms with E-state index in [4.69, 9.17) is 12.2 Å². The number of rotatable bonds is 2. The normalized spacial score (nSPS) is 17.2. The van der Waals surface area contributed by atoms with Crippen LogP contribution >= 0.6 is 28.1 Å². The average Bonchev–Trinajstić information content (AvgIpc) is 2.74. The molecule has 1 heterocycles. The first kappa shape index (κ1) is 12.2. The zero-order valence-electron chi connectivity index (χ0n) is 9.72. The van der Waals surface area contributed by atoms with Crippen LogP contribution in [-0.2, 0) is 0 Å². The summed E-state index contributed by atoms with van der Waals surface area (Å²) in [5.74, 6) is 2.04. The van der Waals surface area contributed by atoms with Crippen LogP contribution in [0.2, 0.25) is 0 Å². The van der Waals surface area contributed by atoms with Crippen LogP contribution in [-0.4, -0.2) is 9.97 Å². The molecule has 88 valence electrons. The fourth-order valence-electron chi connectivity index (χ4n) is 2.26. The molecule has 0 radical (unpaired) electrons. The summed E-state index contributed by atoms with van der Waals surface area (Å²) in [7, 11) is 0. The molecule has 2 nitrogen and oxygen atoms in total. The van der Waals surface area contributed by atoms with Gasteiger partial charge in [-0.15, -0.1) is 0 Å². The predicted molar refractivity (Wildman–Crippen MR) is 72.4 cm³/mol. The van der Waals surface area contributed by atoms with Crippen molar-refractivity contribution in [3.05, 3.63) is 20.6 Å². The molecule has 0 bridgehead atoms. The molecular formula is C12H17BrN2S. The summed E-state index contributed by atoms with van der Waals surface area (Å²) in [6.45, 7) is 4.28. The van der Waals surface area contributed by atoms with Crippen molar-refractivity contribution in [2.75, 3.05) is 0 Å². The SMILES string of the molecule is CC(C)c1nc(=S)c(Br)c(C2CCCC2)[nH]1. The number of aromatic amines is 1. The lowest BCUT2D eigenvalue weighted by molar-refractivity contribution is 0.662. The molecule has 1 fully saturated rings. The summed E-state index contributed by atoms with van der Waals surface area (Å²) in [5.41, 5.74) is 1.27. The standard InChI is InChI=1S/C12H17BrN2S/c1-7(2)11-14-10(8-5-3-4-6-8)9(13)12(16)15-11/h7-8H,3-6H2,1-2H3,(H,14,15,16). The first-order valence-corrected chi connectivity index (χ1v) is 7.09. The Balaban J connectivity index is 2.46. The van der Waals surface area contributed by atoms with Gasteiger partial charge in [-0.2, -0.15) is 0 Å². The third-order valence-electron chi connectivity index (χ3n) is 3.22. The fourth-order valence-corrected chi connectivity index (χ4v) is 2.98. The van der Waals surface area contributed by atoms with Gasteiger partial charge in [0.15, 0.2) is 0 Å². The van der Waals surface area contributed by atoms with Gasteiger partial charge in [-0.05, 0) is 28.8 Å². The second kappa shape index (κ2) is 4.96. The summed E-state index contributed by atoms with van der Waals surface area (Å²) >= 11 is 8.88. The summed E-state index contributed by atoms with van der Waals surface area (Å²) < 4.78 is 1.70. The van der Waals surface area contributed by atoms with Crippen LogP contribution in [0.5, 0.6) is 0 Å². The molecule has 1 N–H and O–H groups in total. The topological polar surface area (TPSA) is 28.7 Å². The molecular weight excluding hydrogens is 284 g/mol. The van der Waals surface area contributed by atoms with Gasteiger partial charge in [0.05, 0.1) is 4.47 Å². The minimum absolute atomic E-state index is 0.398. The van der Waals surface area contributed by atoms with Gasteiger partial charge in [-0.25, -0.2) is 4.98 Å². The highest BCUT2D eigenvalue weighted by Crippen LogP contribution is 2.37. The highest BCUT2D eigenvalue weighted by molar-refractivity contribution is 9.10. The number of nitrogens with zero attached hydrogens (tertiary/aromatic N) is 1. The number of H-pyrrole nitrogens is 1. The van der Waals surface area contributed by atoms with Crippen LogP contribution in [0.15, 0.2) is 4.47 Å². The van der Waals surface area contributed by atoms with E-state index in [1.54, 1.807) is 0 Å².